The van der Waals surface area contributed by atoms with E-state index in [1.807, 2.05) is 26.8 Å². The van der Waals surface area contributed by atoms with Crippen molar-refractivity contribution in [1.82, 2.24) is 24.9 Å². The molecule has 3 amide bonds. The van der Waals surface area contributed by atoms with Crippen molar-refractivity contribution in [2.45, 2.75) is 69.9 Å². The van der Waals surface area contributed by atoms with E-state index < -0.39 is 5.60 Å². The molecule has 1 aromatic rings. The summed E-state index contributed by atoms with van der Waals surface area (Å²) in [5, 5.41) is 3.31. The molecular weight excluding hydrogens is 617 g/mol. The van der Waals surface area contributed by atoms with Crippen LogP contribution in [-0.2, 0) is 14.3 Å². The highest BCUT2D eigenvalue weighted by Crippen LogP contribution is 2.29. The number of benzene rings is 1. The smallest absolute Gasteiger partial charge is 0.410 e. The number of hydrogen-bond acceptors (Lipinski definition) is 7. The van der Waals surface area contributed by atoms with Gasteiger partial charge in [0.05, 0.1) is 24.2 Å². The van der Waals surface area contributed by atoms with Gasteiger partial charge in [0.1, 0.15) is 17.1 Å². The van der Waals surface area contributed by atoms with Gasteiger partial charge in [0.25, 0.3) is 0 Å². The fourth-order valence-electron chi connectivity index (χ4n) is 5.73. The van der Waals surface area contributed by atoms with E-state index in [-0.39, 0.29) is 42.4 Å². The number of carbonyl (C=O) groups is 3. The van der Waals surface area contributed by atoms with Crippen molar-refractivity contribution < 1.29 is 23.9 Å². The summed E-state index contributed by atoms with van der Waals surface area (Å²) in [6.45, 7) is 9.96. The van der Waals surface area contributed by atoms with Crippen molar-refractivity contribution in [3.8, 4) is 5.75 Å². The van der Waals surface area contributed by atoms with Crippen LogP contribution in [0.4, 0.5) is 4.79 Å². The number of amides is 3. The Morgan fingerprint density at radius 2 is 1.69 bits per heavy atom. The Kier molecular flexibility index (Phi) is 12.5. The van der Waals surface area contributed by atoms with Crippen LogP contribution in [0.15, 0.2) is 47.9 Å². The first-order chi connectivity index (χ1) is 21.4. The molecule has 10 nitrogen and oxygen atoms in total. The Morgan fingerprint density at radius 3 is 2.33 bits per heavy atom. The number of halogens is 2. The molecule has 2 fully saturated rings. The molecule has 0 spiro atoms. The van der Waals surface area contributed by atoms with E-state index in [4.69, 9.17) is 32.7 Å². The van der Waals surface area contributed by atoms with Gasteiger partial charge in [-0.15, -0.1) is 11.6 Å². The highest BCUT2D eigenvalue weighted by Gasteiger charge is 2.32. The molecule has 0 saturated carbocycles. The Hall–Kier alpha value is -2.95. The van der Waals surface area contributed by atoms with Crippen LogP contribution in [0.5, 0.6) is 5.75 Å². The van der Waals surface area contributed by atoms with E-state index in [0.29, 0.717) is 61.1 Å². The fraction of sp³-hybridized carbons (Fsp3) is 0.606. The molecule has 3 aliphatic rings. The van der Waals surface area contributed by atoms with Crippen molar-refractivity contribution in [3.63, 3.8) is 0 Å². The lowest BCUT2D eigenvalue weighted by Gasteiger charge is -2.38. The number of nitrogens with one attached hydrogen (secondary N) is 1. The summed E-state index contributed by atoms with van der Waals surface area (Å²) in [6, 6.07) is 6.98. The van der Waals surface area contributed by atoms with Gasteiger partial charge in [-0.2, -0.15) is 0 Å². The van der Waals surface area contributed by atoms with Crippen LogP contribution in [0.25, 0.3) is 0 Å². The van der Waals surface area contributed by atoms with Gasteiger partial charge in [-0.3, -0.25) is 9.59 Å². The first-order valence-corrected chi connectivity index (χ1v) is 16.7. The first-order valence-electron chi connectivity index (χ1n) is 15.8. The lowest BCUT2D eigenvalue weighted by molar-refractivity contribution is -0.134. The molecule has 2 aliphatic heterocycles. The Balaban J connectivity index is 1.46. The molecule has 0 bridgehead atoms. The summed E-state index contributed by atoms with van der Waals surface area (Å²) in [5.41, 5.74) is 0.120. The maximum Gasteiger partial charge on any atom is 0.410 e. The molecule has 45 heavy (non-hydrogen) atoms. The average Bonchev–Trinajstić information content (AvgIpc) is 3.51. The summed E-state index contributed by atoms with van der Waals surface area (Å²) in [5.74, 6) is 0.809. The minimum Gasteiger partial charge on any atom is -0.456 e. The molecule has 0 aromatic heterocycles. The summed E-state index contributed by atoms with van der Waals surface area (Å²) >= 11 is 12.6. The molecule has 1 aromatic carbocycles. The van der Waals surface area contributed by atoms with Gasteiger partial charge in [0.2, 0.25) is 11.8 Å². The number of piperidine rings is 1. The average molecular weight is 665 g/mol. The zero-order chi connectivity index (χ0) is 32.6. The van der Waals surface area contributed by atoms with Crippen LogP contribution >= 0.6 is 23.2 Å². The number of rotatable bonds is 11. The first kappa shape index (κ1) is 34.9. The number of allylic oxidation sites excluding steroid dienone is 3. The fourth-order valence-corrected chi connectivity index (χ4v) is 6.07. The number of nitrogens with zero attached hydrogens (tertiary/aromatic N) is 4. The predicted molar refractivity (Wildman–Crippen MR) is 176 cm³/mol. The molecule has 1 atom stereocenters. The zero-order valence-corrected chi connectivity index (χ0v) is 28.4. The topological polar surface area (TPSA) is 94.7 Å². The zero-order valence-electron chi connectivity index (χ0n) is 26.9. The van der Waals surface area contributed by atoms with Crippen LogP contribution in [0, 0.1) is 0 Å². The number of likely N-dealkylation sites (N-methyl/N-ethyl adjacent to an activating group) is 1. The molecule has 12 heteroatoms. The molecule has 0 radical (unpaired) electrons. The van der Waals surface area contributed by atoms with Crippen molar-refractivity contribution in [2.75, 3.05) is 59.4 Å². The number of alkyl halides is 1. The van der Waals surface area contributed by atoms with Crippen LogP contribution in [0.1, 0.15) is 52.9 Å². The van der Waals surface area contributed by atoms with Gasteiger partial charge in [-0.05, 0) is 89.9 Å². The maximum absolute atomic E-state index is 13.8. The van der Waals surface area contributed by atoms with E-state index in [0.717, 1.165) is 19.6 Å². The third kappa shape index (κ3) is 10.8. The molecule has 4 rings (SSSR count). The summed E-state index contributed by atoms with van der Waals surface area (Å²) in [6.07, 6.45) is 7.35. The Morgan fingerprint density at radius 1 is 1.02 bits per heavy atom. The van der Waals surface area contributed by atoms with Gasteiger partial charge in [0.15, 0.2) is 0 Å². The number of carbonyl (C=O) groups excluding carboxylic acids is 3. The third-order valence-electron chi connectivity index (χ3n) is 8.22. The summed E-state index contributed by atoms with van der Waals surface area (Å²) in [7, 11) is 1.79. The second-order valence-corrected chi connectivity index (χ2v) is 13.9. The molecule has 2 saturated heterocycles. The van der Waals surface area contributed by atoms with Crippen LogP contribution in [-0.4, -0.2) is 114 Å². The standard InChI is InChI=1S/C33H47Cl2N5O5/c1-33(2,3)45-32(43)39-18-13-26(14-19-39)37(4)31(42)23-40(22-30(41)36-15-20-38-16-5-6-17-38)28-21-25(35)9-12-29(28)44-27-10-7-24(34)8-11-27/h7-12,25-26H,5-6,13-23H2,1-4H3,(H,36,41). The Bertz CT molecular complexity index is 1230. The van der Waals surface area contributed by atoms with Gasteiger partial charge in [-0.1, -0.05) is 17.7 Å². The van der Waals surface area contributed by atoms with Gasteiger partial charge >= 0.3 is 6.09 Å². The van der Waals surface area contributed by atoms with Crippen molar-refractivity contribution in [2.24, 2.45) is 0 Å². The van der Waals surface area contributed by atoms with Crippen LogP contribution < -0.4 is 10.1 Å². The highest BCUT2D eigenvalue weighted by molar-refractivity contribution is 6.30. The normalized spacial score (nSPS) is 19.4. The summed E-state index contributed by atoms with van der Waals surface area (Å²) in [4.78, 5) is 47.1. The largest absolute Gasteiger partial charge is 0.456 e. The lowest BCUT2D eigenvalue weighted by Crippen LogP contribution is -2.51. The Labute approximate surface area is 277 Å². The maximum atomic E-state index is 13.8. The monoisotopic (exact) mass is 663 g/mol. The quantitative estimate of drug-likeness (QED) is 0.338. The number of ether oxygens (including phenoxy) is 2. The van der Waals surface area contributed by atoms with Crippen LogP contribution in [0.2, 0.25) is 5.02 Å². The van der Waals surface area contributed by atoms with Gasteiger partial charge in [-0.25, -0.2) is 4.79 Å². The van der Waals surface area contributed by atoms with Crippen molar-refractivity contribution in [3.05, 3.63) is 52.9 Å². The van der Waals surface area contributed by atoms with Crippen LogP contribution in [0.3, 0.4) is 0 Å². The number of likely N-dealkylation sites (tertiary alicyclic amines) is 2. The van der Waals surface area contributed by atoms with E-state index in [1.165, 1.54) is 12.8 Å². The molecule has 248 valence electrons. The van der Waals surface area contributed by atoms with Crippen molar-refractivity contribution >= 4 is 41.1 Å². The second kappa shape index (κ2) is 16.1. The minimum absolute atomic E-state index is 0.0169. The van der Waals surface area contributed by atoms with Gasteiger partial charge < -0.3 is 34.4 Å². The van der Waals surface area contributed by atoms with Gasteiger partial charge in [0, 0.05) is 50.7 Å². The predicted octanol–water partition coefficient (Wildman–Crippen LogP) is 4.87. The molecule has 1 aliphatic carbocycles. The molecule has 1 unspecified atom stereocenters. The minimum atomic E-state index is -0.564. The second-order valence-electron chi connectivity index (χ2n) is 12.9. The SMILES string of the molecule is CN(C(=O)CN(CC(=O)NCCN1CCCC1)C1=C(Oc2ccc(Cl)cc2)C=CC(Cl)C1)C1CCN(C(=O)OC(C)(C)C)CC1. The third-order valence-corrected chi connectivity index (χ3v) is 8.77. The van der Waals surface area contributed by atoms with E-state index in [9.17, 15) is 14.4 Å². The van der Waals surface area contributed by atoms with E-state index in [1.54, 1.807) is 52.1 Å². The molecular formula is C33H47Cl2N5O5. The van der Waals surface area contributed by atoms with E-state index in [2.05, 4.69) is 10.2 Å². The van der Waals surface area contributed by atoms with E-state index >= 15 is 0 Å². The number of hydrogen-bond donors (Lipinski definition) is 1. The highest BCUT2D eigenvalue weighted by atomic mass is 35.5. The summed E-state index contributed by atoms with van der Waals surface area (Å²) < 4.78 is 11.8. The lowest BCUT2D eigenvalue weighted by atomic mass is 10.0. The molecule has 1 N–H and O–H groups in total. The van der Waals surface area contributed by atoms with Crippen molar-refractivity contribution in [1.29, 1.82) is 0 Å². The molecule has 2 heterocycles.